The zero-order valence-electron chi connectivity index (χ0n) is 14.2. The van der Waals surface area contributed by atoms with Gasteiger partial charge in [-0.15, -0.1) is 0 Å². The smallest absolute Gasteiger partial charge is 0.251 e. The van der Waals surface area contributed by atoms with Gasteiger partial charge in [0.05, 0.1) is 0 Å². The van der Waals surface area contributed by atoms with Gasteiger partial charge in [-0.1, -0.05) is 22.0 Å². The Balaban J connectivity index is 1.67. The van der Waals surface area contributed by atoms with E-state index in [4.69, 9.17) is 0 Å². The molecule has 1 atom stereocenters. The molecule has 1 aliphatic heterocycles. The average Bonchev–Trinajstić information content (AvgIpc) is 3.01. The molecule has 1 saturated heterocycles. The van der Waals surface area contributed by atoms with Gasteiger partial charge in [-0.2, -0.15) is 11.8 Å². The maximum atomic E-state index is 12.0. The number of guanidine groups is 1. The maximum Gasteiger partial charge on any atom is 0.251 e. The molecule has 0 saturated carbocycles. The molecule has 1 amide bonds. The molecular formula is C17H25BrN4OS. The molecule has 1 heterocycles. The van der Waals surface area contributed by atoms with E-state index in [1.165, 1.54) is 18.6 Å². The van der Waals surface area contributed by atoms with E-state index in [9.17, 15) is 4.79 Å². The van der Waals surface area contributed by atoms with Crippen LogP contribution in [0.25, 0.3) is 0 Å². The number of aliphatic imine (C=N–C) groups is 1. The van der Waals surface area contributed by atoms with Crippen molar-refractivity contribution in [1.29, 1.82) is 0 Å². The Hall–Kier alpha value is -1.21. The molecule has 1 aromatic carbocycles. The lowest BCUT2D eigenvalue weighted by atomic mass is 10.1. The van der Waals surface area contributed by atoms with E-state index in [0.29, 0.717) is 23.4 Å². The number of rotatable bonds is 6. The molecule has 132 valence electrons. The summed E-state index contributed by atoms with van der Waals surface area (Å²) in [5.41, 5.74) is 0.651. The van der Waals surface area contributed by atoms with Crippen LogP contribution in [0.5, 0.6) is 0 Å². The van der Waals surface area contributed by atoms with Crippen LogP contribution in [-0.2, 0) is 0 Å². The highest BCUT2D eigenvalue weighted by atomic mass is 79.9. The fraction of sp³-hybridized carbons (Fsp3) is 0.529. The molecule has 0 spiro atoms. The molecule has 1 aromatic rings. The van der Waals surface area contributed by atoms with Crippen LogP contribution in [0.3, 0.4) is 0 Å². The van der Waals surface area contributed by atoms with E-state index in [1.807, 2.05) is 30.0 Å². The summed E-state index contributed by atoms with van der Waals surface area (Å²) in [4.78, 5) is 16.3. The minimum absolute atomic E-state index is 0.0732. The number of benzene rings is 1. The monoisotopic (exact) mass is 412 g/mol. The minimum atomic E-state index is -0.0732. The third kappa shape index (κ3) is 6.02. The lowest BCUT2D eigenvalue weighted by Crippen LogP contribution is -2.45. The standard InChI is InChI=1S/C17H25BrN4OS/c1-17(7-4-10-24-17)12-22-16(19-2)21-9-8-20-15(23)13-5-3-6-14(18)11-13/h3,5-6,11H,4,7-10,12H2,1-2H3,(H,20,23)(H2,19,21,22). The minimum Gasteiger partial charge on any atom is -0.355 e. The normalized spacial score (nSPS) is 20.7. The first kappa shape index (κ1) is 19.1. The number of thioether (sulfide) groups is 1. The molecular weight excluding hydrogens is 388 g/mol. The molecule has 0 bridgehead atoms. The van der Waals surface area contributed by atoms with Gasteiger partial charge in [-0.25, -0.2) is 0 Å². The Morgan fingerprint density at radius 2 is 2.12 bits per heavy atom. The predicted octanol–water partition coefficient (Wildman–Crippen LogP) is 2.63. The molecule has 3 N–H and O–H groups in total. The summed E-state index contributed by atoms with van der Waals surface area (Å²) in [7, 11) is 1.76. The van der Waals surface area contributed by atoms with Crippen molar-refractivity contribution in [3.8, 4) is 0 Å². The number of hydrogen-bond acceptors (Lipinski definition) is 3. The maximum absolute atomic E-state index is 12.0. The van der Waals surface area contributed by atoms with Crippen molar-refractivity contribution < 1.29 is 4.79 Å². The van der Waals surface area contributed by atoms with Gasteiger partial charge in [0.15, 0.2) is 5.96 Å². The summed E-state index contributed by atoms with van der Waals surface area (Å²) in [6, 6.07) is 7.36. The van der Waals surface area contributed by atoms with Crippen LogP contribution < -0.4 is 16.0 Å². The van der Waals surface area contributed by atoms with Gasteiger partial charge in [0, 0.05) is 41.5 Å². The Bertz CT molecular complexity index is 588. The summed E-state index contributed by atoms with van der Waals surface area (Å²) >= 11 is 5.39. The van der Waals surface area contributed by atoms with E-state index in [1.54, 1.807) is 13.1 Å². The first-order chi connectivity index (χ1) is 11.5. The summed E-state index contributed by atoms with van der Waals surface area (Å²) < 4.78 is 1.20. The molecule has 24 heavy (non-hydrogen) atoms. The number of nitrogens with one attached hydrogen (secondary N) is 3. The third-order valence-corrected chi connectivity index (χ3v) is 5.98. The van der Waals surface area contributed by atoms with Crippen LogP contribution in [0.4, 0.5) is 0 Å². The van der Waals surface area contributed by atoms with E-state index < -0.39 is 0 Å². The van der Waals surface area contributed by atoms with Crippen LogP contribution in [0.2, 0.25) is 0 Å². The van der Waals surface area contributed by atoms with Gasteiger partial charge in [0.25, 0.3) is 5.91 Å². The van der Waals surface area contributed by atoms with E-state index >= 15 is 0 Å². The van der Waals surface area contributed by atoms with Crippen molar-refractivity contribution in [3.63, 3.8) is 0 Å². The lowest BCUT2D eigenvalue weighted by molar-refractivity contribution is 0.0954. The Kier molecular flexibility index (Phi) is 7.42. The number of nitrogens with zero attached hydrogens (tertiary/aromatic N) is 1. The van der Waals surface area contributed by atoms with E-state index in [0.717, 1.165) is 17.0 Å². The number of hydrogen-bond donors (Lipinski definition) is 3. The van der Waals surface area contributed by atoms with Crippen molar-refractivity contribution in [2.24, 2.45) is 4.99 Å². The highest BCUT2D eigenvalue weighted by Crippen LogP contribution is 2.36. The van der Waals surface area contributed by atoms with Crippen molar-refractivity contribution >= 4 is 39.6 Å². The van der Waals surface area contributed by atoms with Gasteiger partial charge < -0.3 is 16.0 Å². The Morgan fingerprint density at radius 1 is 1.33 bits per heavy atom. The average molecular weight is 413 g/mol. The Morgan fingerprint density at radius 3 is 2.79 bits per heavy atom. The van der Waals surface area contributed by atoms with Crippen molar-refractivity contribution in [1.82, 2.24) is 16.0 Å². The van der Waals surface area contributed by atoms with Crippen molar-refractivity contribution in [2.45, 2.75) is 24.5 Å². The molecule has 5 nitrogen and oxygen atoms in total. The molecule has 1 fully saturated rings. The summed E-state index contributed by atoms with van der Waals surface area (Å²) in [5.74, 6) is 1.95. The zero-order chi connectivity index (χ0) is 17.4. The van der Waals surface area contributed by atoms with Crippen LogP contribution in [0, 0.1) is 0 Å². The van der Waals surface area contributed by atoms with Crippen molar-refractivity contribution in [2.75, 3.05) is 32.4 Å². The topological polar surface area (TPSA) is 65.5 Å². The largest absolute Gasteiger partial charge is 0.355 e. The van der Waals surface area contributed by atoms with Crippen molar-refractivity contribution in [3.05, 3.63) is 34.3 Å². The van der Waals surface area contributed by atoms with E-state index in [-0.39, 0.29) is 5.91 Å². The van der Waals surface area contributed by atoms with Gasteiger partial charge >= 0.3 is 0 Å². The fourth-order valence-corrected chi connectivity index (χ4v) is 4.20. The third-order valence-electron chi connectivity index (χ3n) is 3.94. The van der Waals surface area contributed by atoms with Crippen LogP contribution in [-0.4, -0.2) is 49.0 Å². The molecule has 1 unspecified atom stereocenters. The fourth-order valence-electron chi connectivity index (χ4n) is 2.56. The summed E-state index contributed by atoms with van der Waals surface area (Å²) in [5, 5.41) is 9.51. The highest BCUT2D eigenvalue weighted by Gasteiger charge is 2.29. The predicted molar refractivity (Wildman–Crippen MR) is 106 cm³/mol. The SMILES string of the molecule is CN=C(NCCNC(=O)c1cccc(Br)c1)NCC1(C)CCCS1. The van der Waals surface area contributed by atoms with Gasteiger partial charge in [0.2, 0.25) is 0 Å². The Labute approximate surface area is 156 Å². The molecule has 0 aromatic heterocycles. The number of amides is 1. The van der Waals surface area contributed by atoms with Crippen LogP contribution in [0.15, 0.2) is 33.7 Å². The van der Waals surface area contributed by atoms with Gasteiger partial charge in [-0.05, 0) is 43.7 Å². The molecule has 1 aliphatic rings. The quantitative estimate of drug-likeness (QED) is 0.381. The summed E-state index contributed by atoms with van der Waals surface area (Å²) in [6.45, 7) is 4.37. The zero-order valence-corrected chi connectivity index (χ0v) is 16.6. The number of halogens is 1. The summed E-state index contributed by atoms with van der Waals surface area (Å²) in [6.07, 6.45) is 2.53. The number of carbonyl (C=O) groups excluding carboxylic acids is 1. The highest BCUT2D eigenvalue weighted by molar-refractivity contribution is 9.10. The molecule has 2 rings (SSSR count). The second kappa shape index (κ2) is 9.32. The van der Waals surface area contributed by atoms with Gasteiger partial charge in [-0.3, -0.25) is 9.79 Å². The second-order valence-electron chi connectivity index (χ2n) is 6.02. The van der Waals surface area contributed by atoms with Crippen LogP contribution in [0.1, 0.15) is 30.1 Å². The molecule has 0 radical (unpaired) electrons. The second-order valence-corrected chi connectivity index (χ2v) is 8.62. The number of carbonyl (C=O) groups is 1. The van der Waals surface area contributed by atoms with E-state index in [2.05, 4.69) is 43.8 Å². The van der Waals surface area contributed by atoms with Crippen LogP contribution >= 0.6 is 27.7 Å². The lowest BCUT2D eigenvalue weighted by Gasteiger charge is -2.24. The van der Waals surface area contributed by atoms with Gasteiger partial charge in [0.1, 0.15) is 0 Å². The molecule has 0 aliphatic carbocycles. The first-order valence-corrected chi connectivity index (χ1v) is 9.92. The first-order valence-electron chi connectivity index (χ1n) is 8.15. The molecule has 7 heteroatoms.